The van der Waals surface area contributed by atoms with Crippen LogP contribution in [0.25, 0.3) is 0 Å². The van der Waals surface area contributed by atoms with Gasteiger partial charge in [0.2, 0.25) is 0 Å². The summed E-state index contributed by atoms with van der Waals surface area (Å²) in [4.78, 5) is 25.7. The summed E-state index contributed by atoms with van der Waals surface area (Å²) < 4.78 is 0. The summed E-state index contributed by atoms with van der Waals surface area (Å²) in [6, 6.07) is 11.9. The van der Waals surface area contributed by atoms with E-state index in [1.54, 1.807) is 0 Å². The Morgan fingerprint density at radius 1 is 0.973 bits per heavy atom. The summed E-state index contributed by atoms with van der Waals surface area (Å²) in [5, 5.41) is 20.3. The summed E-state index contributed by atoms with van der Waals surface area (Å²) in [6.45, 7) is 10.0. The normalized spacial score (nSPS) is 16.3. The molecule has 2 aromatic rings. The zero-order valence-corrected chi connectivity index (χ0v) is 23.6. The molecule has 202 valence electrons. The predicted molar refractivity (Wildman–Crippen MR) is 149 cm³/mol. The second-order valence-corrected chi connectivity index (χ2v) is 11.2. The number of likely N-dealkylation sites (N-methyl/N-ethyl adjacent to an activating group) is 1. The number of hydrogen-bond donors (Lipinski definition) is 2. The lowest BCUT2D eigenvalue weighted by Crippen LogP contribution is -2.40. The van der Waals surface area contributed by atoms with Crippen LogP contribution in [-0.2, 0) is 16.6 Å². The van der Waals surface area contributed by atoms with Gasteiger partial charge in [0.05, 0.1) is 5.60 Å². The van der Waals surface area contributed by atoms with E-state index in [4.69, 9.17) is 0 Å². The fourth-order valence-corrected chi connectivity index (χ4v) is 6.07. The van der Waals surface area contributed by atoms with E-state index in [0.29, 0.717) is 5.56 Å². The highest BCUT2D eigenvalue weighted by atomic mass is 16.4. The monoisotopic (exact) mass is 507 g/mol. The van der Waals surface area contributed by atoms with Crippen molar-refractivity contribution in [3.8, 4) is 0 Å². The molecule has 1 aliphatic carbocycles. The first kappa shape index (κ1) is 28.9. The molecule has 1 atom stereocenters. The number of nitrogens with zero attached hydrogens (tertiary/aromatic N) is 1. The highest BCUT2D eigenvalue weighted by Gasteiger charge is 2.33. The summed E-state index contributed by atoms with van der Waals surface area (Å²) in [6.07, 6.45) is 8.89. The molecule has 1 amide bonds. The number of hydrogen-bond acceptors (Lipinski definition) is 3. The third-order valence-electron chi connectivity index (χ3n) is 9.01. The third kappa shape index (κ3) is 6.09. The lowest BCUT2D eigenvalue weighted by molar-refractivity contribution is -0.141. The maximum absolute atomic E-state index is 13.0. The second-order valence-electron chi connectivity index (χ2n) is 11.2. The van der Waals surface area contributed by atoms with E-state index in [2.05, 4.69) is 45.0 Å². The second kappa shape index (κ2) is 11.8. The van der Waals surface area contributed by atoms with Gasteiger partial charge in [0.25, 0.3) is 5.91 Å². The number of aryl methyl sites for hydroxylation is 3. The molecule has 2 N–H and O–H groups in total. The van der Waals surface area contributed by atoms with Gasteiger partial charge >= 0.3 is 5.97 Å². The molecule has 5 heteroatoms. The lowest BCUT2D eigenvalue weighted by Gasteiger charge is -2.35. The van der Waals surface area contributed by atoms with Gasteiger partial charge in [-0.15, -0.1) is 0 Å². The van der Waals surface area contributed by atoms with Gasteiger partial charge in [-0.3, -0.25) is 4.79 Å². The van der Waals surface area contributed by atoms with Crippen LogP contribution in [-0.4, -0.2) is 45.7 Å². The Labute approximate surface area is 222 Å². The van der Waals surface area contributed by atoms with Gasteiger partial charge in [0, 0.05) is 18.0 Å². The Morgan fingerprint density at radius 3 is 2.05 bits per heavy atom. The van der Waals surface area contributed by atoms with Gasteiger partial charge in [0.15, 0.2) is 0 Å². The summed E-state index contributed by atoms with van der Waals surface area (Å²) in [7, 11) is 1.54. The Bertz CT molecular complexity index is 1110. The van der Waals surface area contributed by atoms with Crippen LogP contribution in [0.5, 0.6) is 0 Å². The van der Waals surface area contributed by atoms with Crippen LogP contribution in [0.3, 0.4) is 0 Å². The molecule has 0 aliphatic heterocycles. The molecule has 3 rings (SSSR count). The van der Waals surface area contributed by atoms with Gasteiger partial charge in [-0.25, -0.2) is 4.79 Å². The van der Waals surface area contributed by atoms with Crippen molar-refractivity contribution in [3.63, 3.8) is 0 Å². The molecule has 1 fully saturated rings. The predicted octanol–water partition coefficient (Wildman–Crippen LogP) is 6.58. The van der Waals surface area contributed by atoms with Crippen molar-refractivity contribution in [1.29, 1.82) is 0 Å². The molecule has 5 nitrogen and oxygen atoms in total. The minimum atomic E-state index is -1.02. The summed E-state index contributed by atoms with van der Waals surface area (Å²) >= 11 is 0. The van der Waals surface area contributed by atoms with E-state index >= 15 is 0 Å². The highest BCUT2D eigenvalue weighted by Crippen LogP contribution is 2.41. The molecule has 1 aliphatic rings. The Kier molecular flexibility index (Phi) is 9.22. The molecule has 37 heavy (non-hydrogen) atoms. The number of carbonyl (C=O) groups excluding carboxylic acids is 1. The Morgan fingerprint density at radius 2 is 1.54 bits per heavy atom. The van der Waals surface area contributed by atoms with Crippen LogP contribution in [0.1, 0.15) is 110 Å². The smallest absolute Gasteiger partial charge is 0.326 e. The van der Waals surface area contributed by atoms with E-state index < -0.39 is 17.6 Å². The van der Waals surface area contributed by atoms with E-state index in [-0.39, 0.29) is 11.3 Å². The molecule has 1 saturated carbocycles. The molecule has 0 aromatic heterocycles. The van der Waals surface area contributed by atoms with E-state index in [0.717, 1.165) is 56.9 Å². The first-order valence-electron chi connectivity index (χ1n) is 13.9. The van der Waals surface area contributed by atoms with Crippen molar-refractivity contribution in [3.05, 3.63) is 69.8 Å². The van der Waals surface area contributed by atoms with Gasteiger partial charge < -0.3 is 15.1 Å². The molecule has 0 saturated heterocycles. The first-order chi connectivity index (χ1) is 17.5. The number of aliphatic carboxylic acids is 1. The Balaban J connectivity index is 1.88. The third-order valence-corrected chi connectivity index (χ3v) is 9.01. The maximum atomic E-state index is 13.0. The summed E-state index contributed by atoms with van der Waals surface area (Å²) in [5.41, 5.74) is 5.70. The average Bonchev–Trinajstić information content (AvgIpc) is 2.88. The van der Waals surface area contributed by atoms with Crippen molar-refractivity contribution in [2.24, 2.45) is 0 Å². The van der Waals surface area contributed by atoms with Crippen LogP contribution in [0.15, 0.2) is 36.4 Å². The van der Waals surface area contributed by atoms with Crippen molar-refractivity contribution >= 4 is 11.9 Å². The fraction of sp³-hybridized carbons (Fsp3) is 0.562. The Hall–Kier alpha value is -2.66. The van der Waals surface area contributed by atoms with Gasteiger partial charge in [-0.1, -0.05) is 63.4 Å². The van der Waals surface area contributed by atoms with Crippen LogP contribution in [0.2, 0.25) is 0 Å². The van der Waals surface area contributed by atoms with Crippen LogP contribution >= 0.6 is 0 Å². The zero-order valence-electron chi connectivity index (χ0n) is 23.6. The quantitative estimate of drug-likeness (QED) is 0.381. The highest BCUT2D eigenvalue weighted by molar-refractivity contribution is 5.97. The van der Waals surface area contributed by atoms with Crippen molar-refractivity contribution in [2.75, 3.05) is 7.05 Å². The van der Waals surface area contributed by atoms with Crippen molar-refractivity contribution < 1.29 is 19.8 Å². The van der Waals surface area contributed by atoms with E-state index in [9.17, 15) is 19.8 Å². The number of benzene rings is 2. The van der Waals surface area contributed by atoms with E-state index in [1.165, 1.54) is 47.5 Å². The minimum absolute atomic E-state index is 0.183. The first-order valence-corrected chi connectivity index (χ1v) is 13.9. The number of rotatable bonds is 10. The molecular formula is C32H45NO4. The summed E-state index contributed by atoms with van der Waals surface area (Å²) in [5.74, 6) is -1.30. The van der Waals surface area contributed by atoms with Gasteiger partial charge in [0.1, 0.15) is 6.04 Å². The number of carboxylic acid groups (broad SMARTS) is 1. The van der Waals surface area contributed by atoms with Crippen LogP contribution in [0, 0.1) is 13.8 Å². The number of aliphatic hydroxyl groups is 1. The molecule has 0 spiro atoms. The SMILES string of the molecule is CCC(CC)(c1ccc(CCC2(O)CCCCC2)c(C)c1)c1ccc(C(=O)N(C)C(C)C(=O)O)c(C)c1. The number of carbonyl (C=O) groups is 2. The van der Waals surface area contributed by atoms with Crippen LogP contribution < -0.4 is 0 Å². The van der Waals surface area contributed by atoms with Gasteiger partial charge in [-0.2, -0.15) is 0 Å². The van der Waals surface area contributed by atoms with Crippen molar-refractivity contribution in [2.45, 2.75) is 109 Å². The fourth-order valence-electron chi connectivity index (χ4n) is 6.07. The zero-order chi connectivity index (χ0) is 27.4. The molecule has 0 heterocycles. The van der Waals surface area contributed by atoms with E-state index in [1.807, 2.05) is 19.1 Å². The standard InChI is InChI=1S/C32H45NO4/c1-7-32(8-2,27-14-15-28(23(4)21-27)29(34)33(6)24(5)30(35)36)26-13-12-25(22(3)20-26)16-19-31(37)17-10-9-11-18-31/h12-15,20-21,24,37H,7-11,16-19H2,1-6H3,(H,35,36). The molecule has 0 radical (unpaired) electrons. The maximum Gasteiger partial charge on any atom is 0.326 e. The molecule has 1 unspecified atom stereocenters. The topological polar surface area (TPSA) is 77.8 Å². The van der Waals surface area contributed by atoms with Crippen LogP contribution in [0.4, 0.5) is 0 Å². The lowest BCUT2D eigenvalue weighted by atomic mass is 9.69. The largest absolute Gasteiger partial charge is 0.480 e. The molecular weight excluding hydrogens is 462 g/mol. The molecule has 0 bridgehead atoms. The number of amides is 1. The molecule has 2 aromatic carbocycles. The average molecular weight is 508 g/mol. The van der Waals surface area contributed by atoms with Gasteiger partial charge in [-0.05, 0) is 93.2 Å². The van der Waals surface area contributed by atoms with Crippen molar-refractivity contribution in [1.82, 2.24) is 4.90 Å². The minimum Gasteiger partial charge on any atom is -0.480 e. The number of carboxylic acids is 1.